The smallest absolute Gasteiger partial charge is 0.253 e. The zero-order valence-corrected chi connectivity index (χ0v) is 16.4. The molecule has 0 radical (unpaired) electrons. The minimum atomic E-state index is 0.0774. The maximum Gasteiger partial charge on any atom is 0.253 e. The van der Waals surface area contributed by atoms with Crippen molar-refractivity contribution >= 4 is 50.9 Å². The van der Waals surface area contributed by atoms with Gasteiger partial charge in [-0.05, 0) is 40.1 Å². The number of thiophene rings is 1. The van der Waals surface area contributed by atoms with Crippen molar-refractivity contribution in [2.75, 3.05) is 18.6 Å². The lowest BCUT2D eigenvalue weighted by Crippen LogP contribution is -2.26. The number of rotatable bonds is 4. The molecule has 0 spiro atoms. The fourth-order valence-electron chi connectivity index (χ4n) is 3.04. The second-order valence-corrected chi connectivity index (χ2v) is 9.75. The Morgan fingerprint density at radius 1 is 1.08 bits per heavy atom. The minimum absolute atomic E-state index is 0.0774. The predicted octanol–water partition coefficient (Wildman–Crippen LogP) is 5.65. The highest BCUT2D eigenvalue weighted by Gasteiger charge is 2.19. The van der Waals surface area contributed by atoms with Gasteiger partial charge in [-0.25, -0.2) is 0 Å². The van der Waals surface area contributed by atoms with E-state index in [9.17, 15) is 4.79 Å². The van der Waals surface area contributed by atoms with Crippen molar-refractivity contribution in [3.05, 3.63) is 70.6 Å². The normalized spacial score (nSPS) is 14.9. The molecule has 2 aromatic carbocycles. The Kier molecular flexibility index (Phi) is 5.06. The number of hydrogen-bond donors (Lipinski definition) is 0. The first-order chi connectivity index (χ1) is 12.2. The van der Waals surface area contributed by atoms with Crippen LogP contribution in [-0.2, 0) is 6.54 Å². The van der Waals surface area contributed by atoms with E-state index in [1.54, 1.807) is 11.3 Å². The van der Waals surface area contributed by atoms with E-state index in [4.69, 9.17) is 0 Å². The van der Waals surface area contributed by atoms with Crippen LogP contribution in [0.25, 0.3) is 10.1 Å². The quantitative estimate of drug-likeness (QED) is 0.579. The van der Waals surface area contributed by atoms with E-state index in [1.165, 1.54) is 32.7 Å². The SMILES string of the molecule is CN(Cc1csc2ccccc12)C(=O)c1ccc(C2SCCS2)cc1. The molecule has 0 aliphatic carbocycles. The number of carbonyl (C=O) groups excluding carboxylic acids is 1. The van der Waals surface area contributed by atoms with Crippen LogP contribution in [-0.4, -0.2) is 29.4 Å². The van der Waals surface area contributed by atoms with E-state index in [0.717, 1.165) is 5.56 Å². The van der Waals surface area contributed by atoms with Crippen LogP contribution in [0.4, 0.5) is 0 Å². The summed E-state index contributed by atoms with van der Waals surface area (Å²) in [6, 6.07) is 16.5. The summed E-state index contributed by atoms with van der Waals surface area (Å²) in [7, 11) is 1.88. The lowest BCUT2D eigenvalue weighted by atomic mass is 10.1. The van der Waals surface area contributed by atoms with E-state index >= 15 is 0 Å². The number of fused-ring (bicyclic) bond motifs is 1. The first-order valence-corrected chi connectivity index (χ1v) is 11.2. The van der Waals surface area contributed by atoms with Crippen molar-refractivity contribution in [2.45, 2.75) is 11.1 Å². The predicted molar refractivity (Wildman–Crippen MR) is 112 cm³/mol. The molecule has 1 saturated heterocycles. The highest BCUT2D eigenvalue weighted by Crippen LogP contribution is 2.45. The third-order valence-corrected chi connectivity index (χ3v) is 8.48. The Labute approximate surface area is 160 Å². The van der Waals surface area contributed by atoms with E-state index in [2.05, 4.69) is 41.8 Å². The molecule has 5 heteroatoms. The van der Waals surface area contributed by atoms with Crippen molar-refractivity contribution in [1.82, 2.24) is 4.90 Å². The van der Waals surface area contributed by atoms with Gasteiger partial charge in [-0.1, -0.05) is 30.3 Å². The lowest BCUT2D eigenvalue weighted by molar-refractivity contribution is 0.0786. The Bertz CT molecular complexity index is 881. The third kappa shape index (κ3) is 3.59. The molecule has 1 aliphatic rings. The molecule has 0 unspecified atom stereocenters. The van der Waals surface area contributed by atoms with Gasteiger partial charge in [0.25, 0.3) is 5.91 Å². The van der Waals surface area contributed by atoms with Crippen LogP contribution in [0, 0.1) is 0 Å². The number of benzene rings is 2. The summed E-state index contributed by atoms with van der Waals surface area (Å²) >= 11 is 5.71. The number of amides is 1. The van der Waals surface area contributed by atoms with Crippen LogP contribution >= 0.6 is 34.9 Å². The maximum absolute atomic E-state index is 12.8. The zero-order valence-electron chi connectivity index (χ0n) is 14.0. The third-order valence-electron chi connectivity index (χ3n) is 4.37. The highest BCUT2D eigenvalue weighted by atomic mass is 32.2. The summed E-state index contributed by atoms with van der Waals surface area (Å²) in [6.45, 7) is 0.638. The van der Waals surface area contributed by atoms with Gasteiger partial charge in [0.05, 0.1) is 4.58 Å². The summed E-state index contributed by atoms with van der Waals surface area (Å²) < 4.78 is 1.80. The average Bonchev–Trinajstić information content (AvgIpc) is 3.32. The van der Waals surface area contributed by atoms with E-state index in [1.807, 2.05) is 47.6 Å². The molecule has 1 amide bonds. The molecule has 128 valence electrons. The van der Waals surface area contributed by atoms with Crippen molar-refractivity contribution in [1.29, 1.82) is 0 Å². The van der Waals surface area contributed by atoms with Gasteiger partial charge in [-0.15, -0.1) is 34.9 Å². The highest BCUT2D eigenvalue weighted by molar-refractivity contribution is 8.19. The molecule has 0 atom stereocenters. The van der Waals surface area contributed by atoms with Gasteiger partial charge in [-0.3, -0.25) is 4.79 Å². The van der Waals surface area contributed by atoms with Crippen LogP contribution < -0.4 is 0 Å². The Balaban J connectivity index is 1.48. The molecule has 3 aromatic rings. The first kappa shape index (κ1) is 17.0. The molecule has 1 fully saturated rings. The van der Waals surface area contributed by atoms with Crippen LogP contribution in [0.5, 0.6) is 0 Å². The van der Waals surface area contributed by atoms with Gasteiger partial charge in [-0.2, -0.15) is 0 Å². The monoisotopic (exact) mass is 385 g/mol. The van der Waals surface area contributed by atoms with Gasteiger partial charge in [0.2, 0.25) is 0 Å². The number of hydrogen-bond acceptors (Lipinski definition) is 4. The molecule has 2 nitrogen and oxygen atoms in total. The second kappa shape index (κ2) is 7.44. The van der Waals surface area contributed by atoms with Gasteiger partial charge >= 0.3 is 0 Å². The van der Waals surface area contributed by atoms with Crippen LogP contribution in [0.15, 0.2) is 53.9 Å². The van der Waals surface area contributed by atoms with Gasteiger partial charge in [0.1, 0.15) is 0 Å². The number of carbonyl (C=O) groups is 1. The molecular formula is C20H19NOS3. The maximum atomic E-state index is 12.8. The average molecular weight is 386 g/mol. The molecule has 4 rings (SSSR count). The fourth-order valence-corrected chi connectivity index (χ4v) is 6.85. The van der Waals surface area contributed by atoms with Crippen LogP contribution in [0.2, 0.25) is 0 Å². The summed E-state index contributed by atoms with van der Waals surface area (Å²) in [6.07, 6.45) is 0. The molecule has 25 heavy (non-hydrogen) atoms. The summed E-state index contributed by atoms with van der Waals surface area (Å²) in [5.74, 6) is 2.51. The molecule has 1 aromatic heterocycles. The van der Waals surface area contributed by atoms with Crippen molar-refractivity contribution in [3.8, 4) is 0 Å². The number of thioether (sulfide) groups is 2. The molecule has 0 N–H and O–H groups in total. The zero-order chi connectivity index (χ0) is 17.2. The summed E-state index contributed by atoms with van der Waals surface area (Å²) in [4.78, 5) is 14.6. The largest absolute Gasteiger partial charge is 0.337 e. The lowest BCUT2D eigenvalue weighted by Gasteiger charge is -2.17. The Hall–Kier alpha value is -1.43. The van der Waals surface area contributed by atoms with Crippen molar-refractivity contribution < 1.29 is 4.79 Å². The Morgan fingerprint density at radius 2 is 1.80 bits per heavy atom. The number of nitrogens with zero attached hydrogens (tertiary/aromatic N) is 1. The minimum Gasteiger partial charge on any atom is -0.337 e. The summed E-state index contributed by atoms with van der Waals surface area (Å²) in [5.41, 5.74) is 3.29. The molecule has 1 aliphatic heterocycles. The molecule has 0 bridgehead atoms. The van der Waals surface area contributed by atoms with Crippen molar-refractivity contribution in [2.24, 2.45) is 0 Å². The van der Waals surface area contributed by atoms with Gasteiger partial charge < -0.3 is 4.90 Å². The van der Waals surface area contributed by atoms with Crippen LogP contribution in [0.3, 0.4) is 0 Å². The van der Waals surface area contributed by atoms with Gasteiger partial charge in [0.15, 0.2) is 0 Å². The summed E-state index contributed by atoms with van der Waals surface area (Å²) in [5, 5.41) is 3.41. The molecule has 0 saturated carbocycles. The van der Waals surface area contributed by atoms with E-state index < -0.39 is 0 Å². The van der Waals surface area contributed by atoms with Gasteiger partial charge in [0, 0.05) is 35.4 Å². The van der Waals surface area contributed by atoms with E-state index in [-0.39, 0.29) is 5.91 Å². The van der Waals surface area contributed by atoms with Crippen molar-refractivity contribution in [3.63, 3.8) is 0 Å². The van der Waals surface area contributed by atoms with E-state index in [0.29, 0.717) is 11.1 Å². The second-order valence-electron chi connectivity index (χ2n) is 6.11. The molecular weight excluding hydrogens is 366 g/mol. The standard InChI is InChI=1S/C20H19NOS3/c1-21(12-16-13-25-18-5-3-2-4-17(16)18)19(22)14-6-8-15(9-7-14)20-23-10-11-24-20/h2-9,13,20H,10-12H2,1H3. The topological polar surface area (TPSA) is 20.3 Å². The molecule has 2 heterocycles. The fraction of sp³-hybridized carbons (Fsp3) is 0.250. The Morgan fingerprint density at radius 3 is 2.56 bits per heavy atom. The first-order valence-electron chi connectivity index (χ1n) is 8.26. The van der Waals surface area contributed by atoms with Crippen LogP contribution in [0.1, 0.15) is 26.1 Å².